The maximum atomic E-state index is 9.21. The third-order valence-corrected chi connectivity index (χ3v) is 1.92. The van der Waals surface area contributed by atoms with Crippen LogP contribution in [-0.2, 0) is 4.74 Å². The van der Waals surface area contributed by atoms with Crippen LogP contribution in [-0.4, -0.2) is 36.0 Å². The lowest BCUT2D eigenvalue weighted by Crippen LogP contribution is -2.31. The summed E-state index contributed by atoms with van der Waals surface area (Å²) in [6.07, 6.45) is 0.634. The number of β-amino-alcohol motifs (C(OH)–C–C–N with tert-alkyl or cyclic N) is 1. The molecule has 0 aliphatic carbocycles. The Morgan fingerprint density at radius 3 is 2.58 bits per heavy atom. The van der Waals surface area contributed by atoms with Gasteiger partial charge in [-0.2, -0.15) is 0 Å². The Labute approximate surface area is 74.1 Å². The molecule has 0 bridgehead atoms. The second kappa shape index (κ2) is 3.73. The zero-order valence-corrected chi connectivity index (χ0v) is 8.13. The maximum Gasteiger partial charge on any atom is 0.0680 e. The lowest BCUT2D eigenvalue weighted by molar-refractivity contribution is -0.0133. The van der Waals surface area contributed by atoms with Gasteiger partial charge in [0.15, 0.2) is 0 Å². The molecule has 0 aromatic carbocycles. The van der Waals surface area contributed by atoms with Crippen molar-refractivity contribution in [2.45, 2.75) is 44.9 Å². The van der Waals surface area contributed by atoms with Crippen molar-refractivity contribution in [2.75, 3.05) is 13.2 Å². The third kappa shape index (κ3) is 3.52. The molecule has 3 nitrogen and oxygen atoms in total. The fourth-order valence-corrected chi connectivity index (χ4v) is 1.28. The molecule has 0 radical (unpaired) electrons. The molecule has 12 heavy (non-hydrogen) atoms. The van der Waals surface area contributed by atoms with Gasteiger partial charge in [-0.25, -0.2) is 0 Å². The van der Waals surface area contributed by atoms with E-state index in [0.29, 0.717) is 19.2 Å². The smallest absolute Gasteiger partial charge is 0.0680 e. The largest absolute Gasteiger partial charge is 0.392 e. The fraction of sp³-hybridized carbons (Fsp3) is 1.00. The van der Waals surface area contributed by atoms with Crippen molar-refractivity contribution in [1.29, 1.82) is 0 Å². The predicted molar refractivity (Wildman–Crippen MR) is 48.1 cm³/mol. The molecule has 1 fully saturated rings. The molecule has 1 rings (SSSR count). The highest BCUT2D eigenvalue weighted by Gasteiger charge is 2.23. The Morgan fingerprint density at radius 1 is 1.50 bits per heavy atom. The van der Waals surface area contributed by atoms with E-state index in [0.717, 1.165) is 6.42 Å². The summed E-state index contributed by atoms with van der Waals surface area (Å²) < 4.78 is 5.59. The van der Waals surface area contributed by atoms with Crippen molar-refractivity contribution < 1.29 is 9.84 Å². The average molecular weight is 173 g/mol. The van der Waals surface area contributed by atoms with E-state index < -0.39 is 0 Å². The molecule has 72 valence electrons. The van der Waals surface area contributed by atoms with Crippen LogP contribution in [0.25, 0.3) is 0 Å². The van der Waals surface area contributed by atoms with Gasteiger partial charge in [-0.3, -0.25) is 0 Å². The molecule has 1 saturated heterocycles. The van der Waals surface area contributed by atoms with Crippen molar-refractivity contribution in [3.63, 3.8) is 0 Å². The van der Waals surface area contributed by atoms with Crippen molar-refractivity contribution in [1.82, 2.24) is 5.32 Å². The van der Waals surface area contributed by atoms with E-state index in [2.05, 4.69) is 5.32 Å². The predicted octanol–water partition coefficient (Wildman–Crippen LogP) is 0.524. The molecule has 1 aliphatic rings. The monoisotopic (exact) mass is 173 g/mol. The van der Waals surface area contributed by atoms with Gasteiger partial charge in [-0.1, -0.05) is 0 Å². The molecular formula is C9H19NO2. The lowest BCUT2D eigenvalue weighted by atomic mass is 10.2. The highest BCUT2D eigenvalue weighted by atomic mass is 16.5. The number of hydrogen-bond acceptors (Lipinski definition) is 3. The van der Waals surface area contributed by atoms with Crippen molar-refractivity contribution in [3.8, 4) is 0 Å². The molecule has 1 heterocycles. The van der Waals surface area contributed by atoms with Crippen LogP contribution in [0, 0.1) is 0 Å². The Kier molecular flexibility index (Phi) is 3.09. The van der Waals surface area contributed by atoms with Gasteiger partial charge < -0.3 is 15.2 Å². The van der Waals surface area contributed by atoms with E-state index in [1.54, 1.807) is 0 Å². The number of aliphatic hydroxyl groups is 1. The Morgan fingerprint density at radius 2 is 2.17 bits per heavy atom. The van der Waals surface area contributed by atoms with Gasteiger partial charge in [-0.15, -0.1) is 0 Å². The highest BCUT2D eigenvalue weighted by Crippen LogP contribution is 2.11. The van der Waals surface area contributed by atoms with Crippen molar-refractivity contribution >= 4 is 0 Å². The Bertz CT molecular complexity index is 142. The molecule has 0 spiro atoms. The van der Waals surface area contributed by atoms with Crippen molar-refractivity contribution in [3.05, 3.63) is 0 Å². The molecule has 0 aromatic rings. The number of hydrogen-bond donors (Lipinski definition) is 2. The second-order valence-electron chi connectivity index (χ2n) is 4.42. The SMILES string of the molecule is CC(C)(C)OC[C@@H]1C[C@@H](O)CN1. The van der Waals surface area contributed by atoms with Gasteiger partial charge in [0, 0.05) is 12.6 Å². The summed E-state index contributed by atoms with van der Waals surface area (Å²) in [5.74, 6) is 0. The first-order valence-electron chi connectivity index (χ1n) is 4.53. The summed E-state index contributed by atoms with van der Waals surface area (Å²) in [6, 6.07) is 0.333. The minimum atomic E-state index is -0.182. The van der Waals surface area contributed by atoms with E-state index >= 15 is 0 Å². The third-order valence-electron chi connectivity index (χ3n) is 1.92. The van der Waals surface area contributed by atoms with Crippen LogP contribution in [0.15, 0.2) is 0 Å². The molecular weight excluding hydrogens is 154 g/mol. The molecule has 0 aromatic heterocycles. The highest BCUT2D eigenvalue weighted by molar-refractivity contribution is 4.81. The van der Waals surface area contributed by atoms with Crippen molar-refractivity contribution in [2.24, 2.45) is 0 Å². The van der Waals surface area contributed by atoms with Crippen LogP contribution in [0.1, 0.15) is 27.2 Å². The lowest BCUT2D eigenvalue weighted by Gasteiger charge is -2.22. The van der Waals surface area contributed by atoms with E-state index in [1.165, 1.54) is 0 Å². The Hall–Kier alpha value is -0.120. The van der Waals surface area contributed by atoms with Crippen LogP contribution in [0.3, 0.4) is 0 Å². The fourth-order valence-electron chi connectivity index (χ4n) is 1.28. The van der Waals surface area contributed by atoms with Crippen LogP contribution >= 0.6 is 0 Å². The standard InChI is InChI=1S/C9H19NO2/c1-9(2,3)12-6-7-4-8(11)5-10-7/h7-8,10-11H,4-6H2,1-3H3/t7-,8+/m0/s1. The first kappa shape index (κ1) is 9.96. The van der Waals surface area contributed by atoms with Gasteiger partial charge in [0.1, 0.15) is 0 Å². The molecule has 2 N–H and O–H groups in total. The summed E-state index contributed by atoms with van der Waals surface area (Å²) in [5.41, 5.74) is -0.0742. The molecule has 0 unspecified atom stereocenters. The summed E-state index contributed by atoms with van der Waals surface area (Å²) in [7, 11) is 0. The van der Waals surface area contributed by atoms with E-state index in [-0.39, 0.29) is 11.7 Å². The zero-order chi connectivity index (χ0) is 9.19. The van der Waals surface area contributed by atoms with Gasteiger partial charge in [-0.05, 0) is 27.2 Å². The number of nitrogens with one attached hydrogen (secondary N) is 1. The topological polar surface area (TPSA) is 41.5 Å². The minimum Gasteiger partial charge on any atom is -0.392 e. The normalized spacial score (nSPS) is 31.0. The van der Waals surface area contributed by atoms with E-state index in [1.807, 2.05) is 20.8 Å². The summed E-state index contributed by atoms with van der Waals surface area (Å²) in [4.78, 5) is 0. The second-order valence-corrected chi connectivity index (χ2v) is 4.42. The number of ether oxygens (including phenoxy) is 1. The zero-order valence-electron chi connectivity index (χ0n) is 8.13. The van der Waals surface area contributed by atoms with Crippen LogP contribution in [0.4, 0.5) is 0 Å². The quantitative estimate of drug-likeness (QED) is 0.640. The average Bonchev–Trinajstić information content (AvgIpc) is 2.30. The Balaban J connectivity index is 2.16. The molecule has 2 atom stereocenters. The van der Waals surface area contributed by atoms with Gasteiger partial charge in [0.05, 0.1) is 18.3 Å². The molecule has 3 heteroatoms. The maximum absolute atomic E-state index is 9.21. The van der Waals surface area contributed by atoms with E-state index in [4.69, 9.17) is 4.74 Å². The van der Waals surface area contributed by atoms with Crippen LogP contribution in [0.2, 0.25) is 0 Å². The molecule has 0 saturated carbocycles. The first-order chi connectivity index (χ1) is 5.47. The molecule has 1 aliphatic heterocycles. The summed E-state index contributed by atoms with van der Waals surface area (Å²) >= 11 is 0. The number of aliphatic hydroxyl groups excluding tert-OH is 1. The van der Waals surface area contributed by atoms with Gasteiger partial charge in [0.25, 0.3) is 0 Å². The first-order valence-corrected chi connectivity index (χ1v) is 4.53. The van der Waals surface area contributed by atoms with Crippen LogP contribution < -0.4 is 5.32 Å². The van der Waals surface area contributed by atoms with Gasteiger partial charge in [0.2, 0.25) is 0 Å². The molecule has 0 amide bonds. The minimum absolute atomic E-state index is 0.0742. The summed E-state index contributed by atoms with van der Waals surface area (Å²) in [5, 5.41) is 12.4. The summed E-state index contributed by atoms with van der Waals surface area (Å²) in [6.45, 7) is 7.52. The van der Waals surface area contributed by atoms with Gasteiger partial charge >= 0.3 is 0 Å². The van der Waals surface area contributed by atoms with E-state index in [9.17, 15) is 5.11 Å². The number of rotatable bonds is 2. The van der Waals surface area contributed by atoms with Crippen LogP contribution in [0.5, 0.6) is 0 Å².